The van der Waals surface area contributed by atoms with Gasteiger partial charge in [0.1, 0.15) is 0 Å². The van der Waals surface area contributed by atoms with E-state index in [2.05, 4.69) is 20.8 Å². The van der Waals surface area contributed by atoms with Gasteiger partial charge in [-0.15, -0.1) is 0 Å². The lowest BCUT2D eigenvalue weighted by molar-refractivity contribution is 0.0943. The first-order valence-electron chi connectivity index (χ1n) is 7.15. The highest BCUT2D eigenvalue weighted by Crippen LogP contribution is 2.29. The second-order valence-electron chi connectivity index (χ2n) is 5.09. The fourth-order valence-electron chi connectivity index (χ4n) is 2.57. The van der Waals surface area contributed by atoms with E-state index in [1.807, 2.05) is 0 Å². The van der Waals surface area contributed by atoms with Gasteiger partial charge >= 0.3 is 0 Å². The highest BCUT2D eigenvalue weighted by Gasteiger charge is 2.35. The van der Waals surface area contributed by atoms with Crippen molar-refractivity contribution in [3.63, 3.8) is 0 Å². The molecule has 0 aliphatic heterocycles. The maximum absolute atomic E-state index is 12.5. The Bertz CT molecular complexity index is 563. The summed E-state index contributed by atoms with van der Waals surface area (Å²) in [6.45, 7) is 6.30. The zero-order valence-corrected chi connectivity index (χ0v) is 13.2. The van der Waals surface area contributed by atoms with Crippen LogP contribution < -0.4 is 0 Å². The summed E-state index contributed by atoms with van der Waals surface area (Å²) in [6.07, 6.45) is 1.37. The Balaban J connectivity index is 2.36. The molecule has 0 heterocycles. The number of benzene rings is 1. The van der Waals surface area contributed by atoms with Crippen molar-refractivity contribution < 1.29 is 14.0 Å². The second-order valence-corrected chi connectivity index (χ2v) is 9.78. The Labute approximate surface area is 120 Å². The predicted octanol–water partition coefficient (Wildman–Crippen LogP) is 3.97. The number of hydrogen-bond acceptors (Lipinski definition) is 3. The first-order chi connectivity index (χ1) is 9.56. The van der Waals surface area contributed by atoms with E-state index in [1.165, 1.54) is 6.08 Å². The van der Waals surface area contributed by atoms with Crippen LogP contribution in [0.2, 0.25) is 18.1 Å². The summed E-state index contributed by atoms with van der Waals surface area (Å²) in [7, 11) is -1.94. The van der Waals surface area contributed by atoms with Gasteiger partial charge in [0.25, 0.3) is 8.32 Å². The van der Waals surface area contributed by atoms with Gasteiger partial charge in [-0.3, -0.25) is 9.59 Å². The molecule has 106 valence electrons. The Hall–Kier alpha value is -1.68. The monoisotopic (exact) mass is 288 g/mol. The van der Waals surface area contributed by atoms with E-state index in [1.54, 1.807) is 24.3 Å². The average Bonchev–Trinajstić information content (AvgIpc) is 2.50. The first kappa shape index (κ1) is 14.7. The zero-order chi connectivity index (χ0) is 14.8. The first-order valence-corrected chi connectivity index (χ1v) is 9.68. The SMILES string of the molecule is CC[Si](CC)(CC)OC1=CC(=O)c2ccccc2C1=O. The summed E-state index contributed by atoms with van der Waals surface area (Å²) in [4.78, 5) is 24.6. The van der Waals surface area contributed by atoms with E-state index in [0.29, 0.717) is 11.1 Å². The fourth-order valence-corrected chi connectivity index (χ4v) is 5.12. The van der Waals surface area contributed by atoms with Crippen LogP contribution in [0.1, 0.15) is 41.5 Å². The molecule has 0 N–H and O–H groups in total. The summed E-state index contributed by atoms with van der Waals surface area (Å²) in [5.74, 6) is -0.0558. The Morgan fingerprint density at radius 3 is 2.05 bits per heavy atom. The molecule has 1 aromatic rings. The van der Waals surface area contributed by atoms with Crippen LogP contribution in [0.4, 0.5) is 0 Å². The van der Waals surface area contributed by atoms with Crippen LogP contribution in [0, 0.1) is 0 Å². The average molecular weight is 288 g/mol. The van der Waals surface area contributed by atoms with Crippen LogP contribution in [-0.4, -0.2) is 19.9 Å². The number of carbonyl (C=O) groups excluding carboxylic acids is 2. The van der Waals surface area contributed by atoms with Crippen LogP contribution >= 0.6 is 0 Å². The van der Waals surface area contributed by atoms with Crippen molar-refractivity contribution in [2.75, 3.05) is 0 Å². The number of carbonyl (C=O) groups is 2. The third kappa shape index (κ3) is 2.48. The lowest BCUT2D eigenvalue weighted by Gasteiger charge is -2.30. The van der Waals surface area contributed by atoms with E-state index in [0.717, 1.165) is 18.1 Å². The van der Waals surface area contributed by atoms with Gasteiger partial charge < -0.3 is 4.43 Å². The predicted molar refractivity (Wildman–Crippen MR) is 81.5 cm³/mol. The molecule has 0 spiro atoms. The maximum Gasteiger partial charge on any atom is 0.250 e. The number of rotatable bonds is 5. The highest BCUT2D eigenvalue weighted by molar-refractivity contribution is 6.74. The smallest absolute Gasteiger partial charge is 0.250 e. The molecule has 0 bridgehead atoms. The molecule has 0 fully saturated rings. The van der Waals surface area contributed by atoms with Crippen LogP contribution in [-0.2, 0) is 4.43 Å². The van der Waals surface area contributed by atoms with E-state index in [-0.39, 0.29) is 17.3 Å². The lowest BCUT2D eigenvalue weighted by Crippen LogP contribution is -2.37. The molecule has 2 rings (SSSR count). The van der Waals surface area contributed by atoms with Crippen molar-refractivity contribution >= 4 is 19.9 Å². The molecule has 0 amide bonds. The summed E-state index contributed by atoms with van der Waals surface area (Å²) >= 11 is 0. The third-order valence-electron chi connectivity index (χ3n) is 4.18. The van der Waals surface area contributed by atoms with Crippen LogP contribution in [0.3, 0.4) is 0 Å². The van der Waals surface area contributed by atoms with Crippen LogP contribution in [0.25, 0.3) is 0 Å². The van der Waals surface area contributed by atoms with Crippen molar-refractivity contribution in [1.82, 2.24) is 0 Å². The van der Waals surface area contributed by atoms with E-state index in [4.69, 9.17) is 4.43 Å². The molecule has 0 atom stereocenters. The Morgan fingerprint density at radius 1 is 0.950 bits per heavy atom. The molecule has 1 aromatic carbocycles. The lowest BCUT2D eigenvalue weighted by atomic mass is 9.94. The molecule has 0 unspecified atom stereocenters. The summed E-state index contributed by atoms with van der Waals surface area (Å²) in [6, 6.07) is 9.76. The van der Waals surface area contributed by atoms with Gasteiger partial charge in [-0.1, -0.05) is 45.0 Å². The number of fused-ring (bicyclic) bond motifs is 1. The van der Waals surface area contributed by atoms with Crippen molar-refractivity contribution in [1.29, 1.82) is 0 Å². The standard InChI is InChI=1S/C16H20O3Si/c1-4-20(5-2,6-3)19-15-11-14(17)12-9-7-8-10-13(12)16(15)18/h7-11H,4-6H2,1-3H3. The third-order valence-corrected chi connectivity index (χ3v) is 8.70. The number of hydrogen-bond donors (Lipinski definition) is 0. The zero-order valence-electron chi connectivity index (χ0n) is 12.2. The van der Waals surface area contributed by atoms with E-state index in [9.17, 15) is 9.59 Å². The molecule has 3 nitrogen and oxygen atoms in total. The normalized spacial score (nSPS) is 14.8. The molecule has 1 aliphatic carbocycles. The van der Waals surface area contributed by atoms with Gasteiger partial charge in [0.2, 0.25) is 5.78 Å². The summed E-state index contributed by atoms with van der Waals surface area (Å²) in [5.41, 5.74) is 0.933. The minimum atomic E-state index is -1.94. The van der Waals surface area contributed by atoms with Gasteiger partial charge in [-0.25, -0.2) is 0 Å². The molecule has 0 saturated carbocycles. The van der Waals surface area contributed by atoms with Crippen molar-refractivity contribution in [2.45, 2.75) is 38.9 Å². The van der Waals surface area contributed by atoms with E-state index < -0.39 is 8.32 Å². The molecule has 20 heavy (non-hydrogen) atoms. The number of ketones is 2. The number of allylic oxidation sites excluding steroid dienone is 2. The summed E-state index contributed by atoms with van der Waals surface area (Å²) < 4.78 is 6.10. The second kappa shape index (κ2) is 5.75. The molecule has 0 radical (unpaired) electrons. The molecule has 4 heteroatoms. The van der Waals surface area contributed by atoms with Crippen molar-refractivity contribution in [2.24, 2.45) is 0 Å². The van der Waals surface area contributed by atoms with E-state index >= 15 is 0 Å². The molecule has 0 aromatic heterocycles. The maximum atomic E-state index is 12.5. The molecule has 0 saturated heterocycles. The Morgan fingerprint density at radius 2 is 1.50 bits per heavy atom. The topological polar surface area (TPSA) is 43.4 Å². The Kier molecular flexibility index (Phi) is 4.23. The minimum absolute atomic E-state index is 0.138. The molecule has 1 aliphatic rings. The molecular formula is C16H20O3Si. The van der Waals surface area contributed by atoms with Gasteiger partial charge in [-0.05, 0) is 18.1 Å². The van der Waals surface area contributed by atoms with Gasteiger partial charge in [-0.2, -0.15) is 0 Å². The van der Waals surface area contributed by atoms with Gasteiger partial charge in [0, 0.05) is 17.2 Å². The van der Waals surface area contributed by atoms with Crippen molar-refractivity contribution in [3.8, 4) is 0 Å². The largest absolute Gasteiger partial charge is 0.541 e. The van der Waals surface area contributed by atoms with Gasteiger partial charge in [0.05, 0.1) is 0 Å². The quantitative estimate of drug-likeness (QED) is 0.770. The highest BCUT2D eigenvalue weighted by atomic mass is 28.4. The van der Waals surface area contributed by atoms with Crippen LogP contribution in [0.15, 0.2) is 36.1 Å². The minimum Gasteiger partial charge on any atom is -0.541 e. The number of Topliss-reactive ketones (excluding diaryl/α,β-unsaturated/α-hetero) is 1. The summed E-state index contributed by atoms with van der Waals surface area (Å²) in [5, 5.41) is 0. The van der Waals surface area contributed by atoms with Gasteiger partial charge in [0.15, 0.2) is 11.5 Å². The van der Waals surface area contributed by atoms with Crippen molar-refractivity contribution in [3.05, 3.63) is 47.2 Å². The van der Waals surface area contributed by atoms with Crippen LogP contribution in [0.5, 0.6) is 0 Å². The fraction of sp³-hybridized carbons (Fsp3) is 0.375. The molecular weight excluding hydrogens is 268 g/mol.